The maximum Gasteiger partial charge on any atom is 0.235 e. The zero-order chi connectivity index (χ0) is 18.1. The van der Waals surface area contributed by atoms with E-state index in [2.05, 4.69) is 32.3 Å². The molecule has 3 aromatic rings. The largest absolute Gasteiger partial charge is 0.328 e. The van der Waals surface area contributed by atoms with E-state index in [1.807, 2.05) is 43.3 Å². The average Bonchev–Trinajstić information content (AvgIpc) is 3.11. The third kappa shape index (κ3) is 2.83. The Morgan fingerprint density at radius 1 is 1.27 bits per heavy atom. The Labute approximate surface area is 150 Å². The molecule has 0 aliphatic carbocycles. The van der Waals surface area contributed by atoms with E-state index < -0.39 is 5.92 Å². The van der Waals surface area contributed by atoms with E-state index >= 15 is 0 Å². The van der Waals surface area contributed by atoms with Gasteiger partial charge in [-0.2, -0.15) is 10.1 Å². The summed E-state index contributed by atoms with van der Waals surface area (Å²) in [5.74, 6) is -0.167. The Balaban J connectivity index is 1.71. The van der Waals surface area contributed by atoms with Crippen LogP contribution in [0.5, 0.6) is 0 Å². The summed E-state index contributed by atoms with van der Waals surface area (Å²) in [5.41, 5.74) is 3.31. The zero-order valence-corrected chi connectivity index (χ0v) is 14.3. The number of anilines is 2. The van der Waals surface area contributed by atoms with Crippen LogP contribution in [-0.4, -0.2) is 25.7 Å². The quantitative estimate of drug-likeness (QED) is 0.762. The molecule has 3 heterocycles. The highest BCUT2D eigenvalue weighted by atomic mass is 16.2. The molecule has 26 heavy (non-hydrogen) atoms. The molecule has 1 amide bonds. The molecule has 2 aromatic heterocycles. The van der Waals surface area contributed by atoms with Crippen LogP contribution in [0, 0.1) is 12.8 Å². The summed E-state index contributed by atoms with van der Waals surface area (Å²) in [6, 6.07) is 11.1. The van der Waals surface area contributed by atoms with Crippen LogP contribution >= 0.6 is 0 Å². The van der Waals surface area contributed by atoms with E-state index in [0.29, 0.717) is 11.6 Å². The van der Waals surface area contributed by atoms with Gasteiger partial charge in [-0.3, -0.25) is 9.78 Å². The minimum absolute atomic E-state index is 0.165. The topological polar surface area (TPSA) is 84.7 Å². The van der Waals surface area contributed by atoms with Crippen molar-refractivity contribution in [2.24, 2.45) is 5.92 Å². The standard InChI is InChI=1S/C19H18N6O/c1-12-5-7-15(8-6-12)24-18(26)16-13(2)23-19-21-11-22-25(19)17(16)14-4-3-9-20-10-14/h3-11,16-17H,2H2,1H3,(H,24,26)(H,21,22,23). The minimum Gasteiger partial charge on any atom is -0.328 e. The smallest absolute Gasteiger partial charge is 0.235 e. The third-order valence-electron chi connectivity index (χ3n) is 4.43. The predicted octanol–water partition coefficient (Wildman–Crippen LogP) is 2.77. The molecule has 0 radical (unpaired) electrons. The van der Waals surface area contributed by atoms with Crippen molar-refractivity contribution in [1.82, 2.24) is 19.7 Å². The van der Waals surface area contributed by atoms with Gasteiger partial charge in [0.1, 0.15) is 12.2 Å². The fourth-order valence-electron chi connectivity index (χ4n) is 3.14. The number of nitrogens with zero attached hydrogens (tertiary/aromatic N) is 4. The first kappa shape index (κ1) is 16.0. The number of hydrogen-bond donors (Lipinski definition) is 2. The van der Waals surface area contributed by atoms with Gasteiger partial charge in [0.15, 0.2) is 0 Å². The Bertz CT molecular complexity index is 948. The lowest BCUT2D eigenvalue weighted by Crippen LogP contribution is -2.39. The van der Waals surface area contributed by atoms with Crippen molar-refractivity contribution < 1.29 is 4.79 Å². The molecular formula is C19H18N6O. The number of nitrogens with one attached hydrogen (secondary N) is 2. The molecule has 4 rings (SSSR count). The van der Waals surface area contributed by atoms with Crippen LogP contribution in [0.15, 0.2) is 67.4 Å². The molecule has 1 aliphatic rings. The maximum absolute atomic E-state index is 13.1. The first-order valence-corrected chi connectivity index (χ1v) is 8.26. The third-order valence-corrected chi connectivity index (χ3v) is 4.43. The number of rotatable bonds is 3. The van der Waals surface area contributed by atoms with E-state index in [4.69, 9.17) is 0 Å². The second-order valence-corrected chi connectivity index (χ2v) is 6.24. The Hall–Kier alpha value is -3.48. The van der Waals surface area contributed by atoms with Crippen LogP contribution in [0.25, 0.3) is 0 Å². The molecule has 0 bridgehead atoms. The monoisotopic (exact) mass is 346 g/mol. The summed E-state index contributed by atoms with van der Waals surface area (Å²) in [6.45, 7) is 6.06. The molecule has 130 valence electrons. The van der Waals surface area contributed by atoms with Gasteiger partial charge in [-0.1, -0.05) is 30.3 Å². The van der Waals surface area contributed by atoms with Crippen molar-refractivity contribution in [3.63, 3.8) is 0 Å². The van der Waals surface area contributed by atoms with Crippen LogP contribution in [0.4, 0.5) is 11.6 Å². The summed E-state index contributed by atoms with van der Waals surface area (Å²) < 4.78 is 1.70. The van der Waals surface area contributed by atoms with Crippen molar-refractivity contribution in [1.29, 1.82) is 0 Å². The minimum atomic E-state index is -0.560. The van der Waals surface area contributed by atoms with Crippen molar-refractivity contribution in [2.75, 3.05) is 10.6 Å². The molecular weight excluding hydrogens is 328 g/mol. The van der Waals surface area contributed by atoms with Crippen LogP contribution in [0.1, 0.15) is 17.2 Å². The Morgan fingerprint density at radius 2 is 2.08 bits per heavy atom. The normalized spacial score (nSPS) is 18.7. The highest BCUT2D eigenvalue weighted by Gasteiger charge is 2.39. The van der Waals surface area contributed by atoms with Gasteiger partial charge in [-0.05, 0) is 30.7 Å². The molecule has 2 unspecified atom stereocenters. The van der Waals surface area contributed by atoms with Crippen LogP contribution in [-0.2, 0) is 4.79 Å². The maximum atomic E-state index is 13.1. The lowest BCUT2D eigenvalue weighted by atomic mass is 9.89. The molecule has 0 spiro atoms. The average molecular weight is 346 g/mol. The number of pyridine rings is 1. The first-order chi connectivity index (χ1) is 12.6. The summed E-state index contributed by atoms with van der Waals surface area (Å²) >= 11 is 0. The Kier molecular flexibility index (Phi) is 3.96. The van der Waals surface area contributed by atoms with E-state index in [0.717, 1.165) is 16.8 Å². The summed E-state index contributed by atoms with van der Waals surface area (Å²) in [7, 11) is 0. The number of carbonyl (C=O) groups is 1. The lowest BCUT2D eigenvalue weighted by molar-refractivity contribution is -0.119. The van der Waals surface area contributed by atoms with E-state index in [-0.39, 0.29) is 11.9 Å². The Morgan fingerprint density at radius 3 is 2.81 bits per heavy atom. The number of benzene rings is 1. The SMILES string of the molecule is C=C1Nc2ncnn2C(c2cccnc2)C1C(=O)Nc1ccc(C)cc1. The van der Waals surface area contributed by atoms with Gasteiger partial charge in [0.25, 0.3) is 0 Å². The lowest BCUT2D eigenvalue weighted by Gasteiger charge is -2.33. The molecule has 7 heteroatoms. The van der Waals surface area contributed by atoms with Crippen LogP contribution in [0.3, 0.4) is 0 Å². The van der Waals surface area contributed by atoms with E-state index in [9.17, 15) is 4.79 Å². The van der Waals surface area contributed by atoms with Gasteiger partial charge in [-0.15, -0.1) is 0 Å². The molecule has 2 N–H and O–H groups in total. The molecule has 0 saturated heterocycles. The van der Waals surface area contributed by atoms with Crippen molar-refractivity contribution >= 4 is 17.5 Å². The van der Waals surface area contributed by atoms with E-state index in [1.165, 1.54) is 6.33 Å². The van der Waals surface area contributed by atoms with Gasteiger partial charge in [0.05, 0.1) is 6.04 Å². The summed E-state index contributed by atoms with van der Waals surface area (Å²) in [4.78, 5) is 21.5. The number of fused-ring (bicyclic) bond motifs is 1. The second-order valence-electron chi connectivity index (χ2n) is 6.24. The highest BCUT2D eigenvalue weighted by molar-refractivity contribution is 5.95. The number of aromatic nitrogens is 4. The first-order valence-electron chi connectivity index (χ1n) is 8.26. The zero-order valence-electron chi connectivity index (χ0n) is 14.3. The fourth-order valence-corrected chi connectivity index (χ4v) is 3.14. The number of hydrogen-bond acceptors (Lipinski definition) is 5. The molecule has 0 saturated carbocycles. The number of aryl methyl sites for hydroxylation is 1. The van der Waals surface area contributed by atoms with Gasteiger partial charge < -0.3 is 10.6 Å². The van der Waals surface area contributed by atoms with Gasteiger partial charge in [-0.25, -0.2) is 4.68 Å². The van der Waals surface area contributed by atoms with Gasteiger partial charge in [0, 0.05) is 23.8 Å². The second kappa shape index (κ2) is 6.44. The number of carbonyl (C=O) groups excluding carboxylic acids is 1. The van der Waals surface area contributed by atoms with Crippen LogP contribution < -0.4 is 10.6 Å². The molecule has 1 aliphatic heterocycles. The molecule has 1 aromatic carbocycles. The summed E-state index contributed by atoms with van der Waals surface area (Å²) in [5, 5.41) is 10.3. The molecule has 0 fully saturated rings. The number of amides is 1. The highest BCUT2D eigenvalue weighted by Crippen LogP contribution is 2.37. The van der Waals surface area contributed by atoms with E-state index in [1.54, 1.807) is 17.1 Å². The van der Waals surface area contributed by atoms with Crippen molar-refractivity contribution in [3.05, 3.63) is 78.5 Å². The molecule has 7 nitrogen and oxygen atoms in total. The van der Waals surface area contributed by atoms with Gasteiger partial charge >= 0.3 is 0 Å². The summed E-state index contributed by atoms with van der Waals surface area (Å²) in [6.07, 6.45) is 4.89. The van der Waals surface area contributed by atoms with Crippen molar-refractivity contribution in [2.45, 2.75) is 13.0 Å². The van der Waals surface area contributed by atoms with Crippen LogP contribution in [0.2, 0.25) is 0 Å². The van der Waals surface area contributed by atoms with Gasteiger partial charge in [0.2, 0.25) is 11.9 Å². The van der Waals surface area contributed by atoms with Crippen molar-refractivity contribution in [3.8, 4) is 0 Å². The fraction of sp³-hybridized carbons (Fsp3) is 0.158. The predicted molar refractivity (Wildman–Crippen MR) is 98.5 cm³/mol. The molecule has 2 atom stereocenters.